The average molecular weight is 242 g/mol. The fourth-order valence-corrected chi connectivity index (χ4v) is 1.12. The minimum absolute atomic E-state index is 0.333. The van der Waals surface area contributed by atoms with E-state index in [0.717, 1.165) is 0 Å². The molecule has 0 saturated heterocycles. The van der Waals surface area contributed by atoms with E-state index in [-0.39, 0.29) is 5.03 Å². The minimum Gasteiger partial charge on any atom is -0.544 e. The van der Waals surface area contributed by atoms with Crippen molar-refractivity contribution in [3.8, 4) is 0 Å². The Morgan fingerprint density at radius 1 is 1.31 bits per heavy atom. The van der Waals surface area contributed by atoms with E-state index in [4.69, 9.17) is 34.8 Å². The summed E-state index contributed by atoms with van der Waals surface area (Å²) in [7, 11) is 0. The van der Waals surface area contributed by atoms with Crippen molar-refractivity contribution in [3.63, 3.8) is 0 Å². The second-order valence-corrected chi connectivity index (χ2v) is 3.08. The molecule has 13 heavy (non-hydrogen) atoms. The number of aliphatic carboxylic acids is 1. The number of allylic oxidation sites excluding steroid dienone is 1. The monoisotopic (exact) mass is 241 g/mol. The van der Waals surface area contributed by atoms with Gasteiger partial charge in [-0.1, -0.05) is 34.8 Å². The van der Waals surface area contributed by atoms with Crippen molar-refractivity contribution >= 4 is 46.7 Å². The molecule has 0 aromatic carbocycles. The molecule has 0 spiro atoms. The number of hydrogen-bond donors (Lipinski definition) is 0. The molecule has 0 unspecified atom stereocenters. The Labute approximate surface area is 87.3 Å². The van der Waals surface area contributed by atoms with Gasteiger partial charge in [0.15, 0.2) is 5.76 Å². The van der Waals surface area contributed by atoms with E-state index < -0.39 is 27.8 Å². The number of carbonyl (C=O) groups is 2. The SMILES string of the molecule is O=C1O/C(=C(\Cl)C(=O)[O-])C(Cl)=C1Cl. The molecule has 1 aliphatic heterocycles. The summed E-state index contributed by atoms with van der Waals surface area (Å²) >= 11 is 16.0. The fourth-order valence-electron chi connectivity index (χ4n) is 0.605. The van der Waals surface area contributed by atoms with Crippen LogP contribution in [0.4, 0.5) is 0 Å². The Balaban J connectivity index is 3.21. The van der Waals surface area contributed by atoms with E-state index in [1.807, 2.05) is 0 Å². The van der Waals surface area contributed by atoms with Crippen LogP contribution in [0.2, 0.25) is 0 Å². The number of cyclic esters (lactones) is 1. The lowest BCUT2D eigenvalue weighted by molar-refractivity contribution is -0.298. The van der Waals surface area contributed by atoms with Gasteiger partial charge in [-0.25, -0.2) is 4.79 Å². The van der Waals surface area contributed by atoms with E-state index >= 15 is 0 Å². The molecule has 1 rings (SSSR count). The van der Waals surface area contributed by atoms with Crippen LogP contribution in [0.1, 0.15) is 0 Å². The number of ether oxygens (including phenoxy) is 1. The van der Waals surface area contributed by atoms with E-state index in [9.17, 15) is 14.7 Å². The number of esters is 1. The molecule has 70 valence electrons. The molecule has 7 heteroatoms. The van der Waals surface area contributed by atoms with Gasteiger partial charge in [-0.15, -0.1) is 0 Å². The quantitative estimate of drug-likeness (QED) is 0.494. The Kier molecular flexibility index (Phi) is 2.85. The van der Waals surface area contributed by atoms with Crippen molar-refractivity contribution in [2.45, 2.75) is 0 Å². The Morgan fingerprint density at radius 3 is 2.15 bits per heavy atom. The number of carbonyl (C=O) groups excluding carboxylic acids is 2. The van der Waals surface area contributed by atoms with E-state index in [0.29, 0.717) is 0 Å². The van der Waals surface area contributed by atoms with Crippen LogP contribution in [0.3, 0.4) is 0 Å². The number of hydrogen-bond acceptors (Lipinski definition) is 4. The molecular formula is C6Cl3O4-. The van der Waals surface area contributed by atoms with Crippen molar-refractivity contribution in [1.29, 1.82) is 0 Å². The van der Waals surface area contributed by atoms with Crippen LogP contribution >= 0.6 is 34.8 Å². The summed E-state index contributed by atoms with van der Waals surface area (Å²) in [4.78, 5) is 20.9. The van der Waals surface area contributed by atoms with Crippen LogP contribution in [0, 0.1) is 0 Å². The summed E-state index contributed by atoms with van der Waals surface area (Å²) in [5, 5.41) is 8.69. The van der Waals surface area contributed by atoms with Gasteiger partial charge in [0, 0.05) is 0 Å². The topological polar surface area (TPSA) is 66.4 Å². The summed E-state index contributed by atoms with van der Waals surface area (Å²) in [6.07, 6.45) is 0. The Morgan fingerprint density at radius 2 is 1.85 bits per heavy atom. The third-order valence-corrected chi connectivity index (χ3v) is 2.27. The van der Waals surface area contributed by atoms with Gasteiger partial charge >= 0.3 is 5.97 Å². The van der Waals surface area contributed by atoms with Gasteiger partial charge in [-0.3, -0.25) is 0 Å². The van der Waals surface area contributed by atoms with Gasteiger partial charge < -0.3 is 14.6 Å². The van der Waals surface area contributed by atoms with Crippen LogP contribution in [0.5, 0.6) is 0 Å². The highest BCUT2D eigenvalue weighted by Crippen LogP contribution is 2.34. The highest BCUT2D eigenvalue weighted by molar-refractivity contribution is 6.51. The summed E-state index contributed by atoms with van der Waals surface area (Å²) in [6.45, 7) is 0. The first-order chi connectivity index (χ1) is 5.95. The molecule has 0 fully saturated rings. The number of carboxylic acid groups (broad SMARTS) is 1. The number of carboxylic acids is 1. The molecule has 0 amide bonds. The zero-order chi connectivity index (χ0) is 10.2. The van der Waals surface area contributed by atoms with Crippen molar-refractivity contribution < 1.29 is 19.4 Å². The summed E-state index contributed by atoms with van der Waals surface area (Å²) < 4.78 is 4.36. The first-order valence-electron chi connectivity index (χ1n) is 2.84. The lowest BCUT2D eigenvalue weighted by Gasteiger charge is -2.03. The summed E-state index contributed by atoms with van der Waals surface area (Å²) in [5.74, 6) is -3.13. The molecule has 1 aliphatic rings. The zero-order valence-corrected chi connectivity index (χ0v) is 8.03. The first kappa shape index (κ1) is 10.4. The van der Waals surface area contributed by atoms with E-state index in [1.54, 1.807) is 0 Å². The zero-order valence-electron chi connectivity index (χ0n) is 5.77. The second-order valence-electron chi connectivity index (χ2n) is 1.95. The molecule has 0 bridgehead atoms. The largest absolute Gasteiger partial charge is 0.544 e. The molecule has 0 aliphatic carbocycles. The number of halogens is 3. The molecule has 0 saturated carbocycles. The second kappa shape index (κ2) is 3.57. The van der Waals surface area contributed by atoms with Crippen LogP contribution < -0.4 is 5.11 Å². The van der Waals surface area contributed by atoms with E-state index in [2.05, 4.69) is 4.74 Å². The third kappa shape index (κ3) is 1.80. The Hall–Kier alpha value is -0.710. The summed E-state index contributed by atoms with van der Waals surface area (Å²) in [6, 6.07) is 0. The lowest BCUT2D eigenvalue weighted by atomic mass is 10.4. The highest BCUT2D eigenvalue weighted by Gasteiger charge is 2.30. The minimum atomic E-state index is -1.70. The molecular weight excluding hydrogens is 242 g/mol. The van der Waals surface area contributed by atoms with Gasteiger partial charge in [0.1, 0.15) is 15.1 Å². The predicted molar refractivity (Wildman–Crippen MR) is 42.7 cm³/mol. The van der Waals surface area contributed by atoms with E-state index in [1.165, 1.54) is 0 Å². The first-order valence-corrected chi connectivity index (χ1v) is 3.97. The standard InChI is InChI=1S/C6HCl3O4/c7-1-2(8)6(12)13-4(1)3(9)5(10)11/h(H,10,11)/p-1/b4-3-. The molecule has 0 N–H and O–H groups in total. The lowest BCUT2D eigenvalue weighted by Crippen LogP contribution is -2.23. The maximum absolute atomic E-state index is 10.7. The maximum Gasteiger partial charge on any atom is 0.356 e. The van der Waals surface area contributed by atoms with Gasteiger partial charge in [-0.2, -0.15) is 0 Å². The summed E-state index contributed by atoms with van der Waals surface area (Å²) in [5.41, 5.74) is 0. The van der Waals surface area contributed by atoms with Crippen LogP contribution in [0.15, 0.2) is 20.9 Å². The van der Waals surface area contributed by atoms with Crippen molar-refractivity contribution in [2.24, 2.45) is 0 Å². The van der Waals surface area contributed by atoms with Crippen LogP contribution in [-0.4, -0.2) is 11.9 Å². The van der Waals surface area contributed by atoms with Crippen molar-refractivity contribution in [3.05, 3.63) is 20.9 Å². The molecule has 0 aromatic rings. The van der Waals surface area contributed by atoms with Gasteiger partial charge in [0.05, 0.1) is 5.97 Å². The Bertz CT molecular complexity index is 355. The highest BCUT2D eigenvalue weighted by atomic mass is 35.5. The molecule has 0 aromatic heterocycles. The van der Waals surface area contributed by atoms with Crippen LogP contribution in [-0.2, 0) is 14.3 Å². The normalized spacial score (nSPS) is 20.4. The molecule has 0 atom stereocenters. The van der Waals surface area contributed by atoms with Gasteiger partial charge in [-0.05, 0) is 0 Å². The fraction of sp³-hybridized carbons (Fsp3) is 0. The van der Waals surface area contributed by atoms with Crippen molar-refractivity contribution in [2.75, 3.05) is 0 Å². The average Bonchev–Trinajstić information content (AvgIpc) is 2.31. The molecule has 4 nitrogen and oxygen atoms in total. The smallest absolute Gasteiger partial charge is 0.356 e. The van der Waals surface area contributed by atoms with Crippen molar-refractivity contribution in [1.82, 2.24) is 0 Å². The van der Waals surface area contributed by atoms with Gasteiger partial charge in [0.2, 0.25) is 0 Å². The maximum atomic E-state index is 10.7. The molecule has 0 radical (unpaired) electrons. The molecule has 1 heterocycles. The van der Waals surface area contributed by atoms with Gasteiger partial charge in [0.25, 0.3) is 0 Å². The number of rotatable bonds is 1. The predicted octanol–water partition coefficient (Wildman–Crippen LogP) is 0.433. The third-order valence-electron chi connectivity index (χ3n) is 1.14. The van der Waals surface area contributed by atoms with Crippen LogP contribution in [0.25, 0.3) is 0 Å².